The zero-order valence-electron chi connectivity index (χ0n) is 9.12. The summed E-state index contributed by atoms with van der Waals surface area (Å²) >= 11 is -1.50. The Kier molecular flexibility index (Phi) is 25.2. The molecule has 0 fully saturated rings. The molecule has 0 spiro atoms. The number of rotatable bonds is 1. The number of halogens is 2. The van der Waals surface area contributed by atoms with Crippen molar-refractivity contribution in [3.63, 3.8) is 0 Å². The Labute approximate surface area is 105 Å². The summed E-state index contributed by atoms with van der Waals surface area (Å²) in [5, 5.41) is 0. The van der Waals surface area contributed by atoms with Crippen LogP contribution in [0.2, 0.25) is 0 Å². The van der Waals surface area contributed by atoms with E-state index < -0.39 is 23.1 Å². The maximum atomic E-state index is 9.25. The maximum absolute atomic E-state index is 9.25. The molecule has 11 heteroatoms. The first-order valence-corrected chi connectivity index (χ1v) is 5.29. The lowest BCUT2D eigenvalue weighted by molar-refractivity contribution is 0.308. The third-order valence-electron chi connectivity index (χ3n) is 1.34. The average Bonchev–Trinajstić information content (AvgIpc) is 2.68. The molecule has 0 radical (unpaired) electrons. The van der Waals surface area contributed by atoms with E-state index in [4.69, 9.17) is 16.8 Å². The first kappa shape index (κ1) is 21.1. The van der Waals surface area contributed by atoms with Crippen molar-refractivity contribution < 1.29 is 25.8 Å². The Bertz CT molecular complexity index is 246. The molecule has 1 aliphatic rings. The van der Waals surface area contributed by atoms with Crippen molar-refractivity contribution in [2.75, 3.05) is 20.3 Å². The van der Waals surface area contributed by atoms with Crippen molar-refractivity contribution in [3.8, 4) is 0 Å². The van der Waals surface area contributed by atoms with Crippen LogP contribution in [0.4, 0.5) is 8.96 Å². The highest BCUT2D eigenvalue weighted by Gasteiger charge is 2.03. The highest BCUT2D eigenvalue weighted by atomic mass is 32.1. The molecule has 102 valence electrons. The Hall–Kier alpha value is -1.20. The van der Waals surface area contributed by atoms with E-state index in [1.165, 1.54) is 0 Å². The zero-order valence-corrected chi connectivity index (χ0v) is 10.7. The predicted molar refractivity (Wildman–Crippen MR) is 57.6 cm³/mol. The van der Waals surface area contributed by atoms with E-state index in [1.54, 1.807) is 0 Å². The largest absolute Gasteiger partial charge is 0.362 e. The minimum absolute atomic E-state index is 0.500. The molecular formula is C6H12F2N3O4S2-. The lowest BCUT2D eigenvalue weighted by Crippen LogP contribution is -2.21. The summed E-state index contributed by atoms with van der Waals surface area (Å²) in [6.45, 7) is 4.32. The number of nitrogens with zero attached hydrogens (tertiary/aromatic N) is 3. The van der Waals surface area contributed by atoms with Gasteiger partial charge in [0.2, 0.25) is 0 Å². The topological polar surface area (TPSA) is 88.9 Å². The van der Waals surface area contributed by atoms with Crippen molar-refractivity contribution >= 4 is 23.1 Å². The van der Waals surface area contributed by atoms with Gasteiger partial charge in [0, 0.05) is 26.0 Å². The van der Waals surface area contributed by atoms with E-state index in [2.05, 4.69) is 36.2 Å². The SMILES string of the molecule is CCN1C=CN(C)C1.F[N-]F.O=S=O.O=S=O. The van der Waals surface area contributed by atoms with Crippen molar-refractivity contribution in [1.29, 1.82) is 0 Å². The first-order valence-electron chi connectivity index (χ1n) is 3.96. The highest BCUT2D eigenvalue weighted by Crippen LogP contribution is 2.00. The molecule has 0 saturated carbocycles. The summed E-state index contributed by atoms with van der Waals surface area (Å²) in [6.07, 6.45) is 4.20. The monoisotopic (exact) mass is 292 g/mol. The van der Waals surface area contributed by atoms with Gasteiger partial charge in [0.1, 0.15) is 0 Å². The van der Waals surface area contributed by atoms with Crippen LogP contribution in [0, 0.1) is 0 Å². The Balaban J connectivity index is -0.000000184. The van der Waals surface area contributed by atoms with Crippen LogP contribution >= 0.6 is 0 Å². The molecule has 17 heavy (non-hydrogen) atoms. The van der Waals surface area contributed by atoms with Gasteiger partial charge in [-0.15, -0.1) is 0 Å². The molecule has 0 bridgehead atoms. The van der Waals surface area contributed by atoms with Crippen molar-refractivity contribution in [3.05, 3.63) is 18.2 Å². The molecule has 0 aromatic carbocycles. The summed E-state index contributed by atoms with van der Waals surface area (Å²) in [5.74, 6) is 0.500. The minimum Gasteiger partial charge on any atom is -0.362 e. The molecule has 0 unspecified atom stereocenters. The van der Waals surface area contributed by atoms with Gasteiger partial charge in [0.15, 0.2) is 0 Å². The van der Waals surface area contributed by atoms with Gasteiger partial charge >= 0.3 is 23.1 Å². The third kappa shape index (κ3) is 25.2. The molecule has 1 rings (SSSR count). The number of hydrogen-bond donors (Lipinski definition) is 0. The Morgan fingerprint density at radius 1 is 1.18 bits per heavy atom. The van der Waals surface area contributed by atoms with Gasteiger partial charge in [-0.05, 0) is 6.92 Å². The second kappa shape index (κ2) is 20.2. The Morgan fingerprint density at radius 2 is 1.53 bits per heavy atom. The van der Waals surface area contributed by atoms with E-state index in [1.807, 2.05) is 0 Å². The fourth-order valence-corrected chi connectivity index (χ4v) is 0.794. The van der Waals surface area contributed by atoms with E-state index in [-0.39, 0.29) is 0 Å². The maximum Gasteiger partial charge on any atom is 0.335 e. The average molecular weight is 292 g/mol. The molecule has 0 atom stereocenters. The highest BCUT2D eigenvalue weighted by molar-refractivity contribution is 7.51. The molecular weight excluding hydrogens is 280 g/mol. The van der Waals surface area contributed by atoms with Crippen molar-refractivity contribution in [2.24, 2.45) is 0 Å². The smallest absolute Gasteiger partial charge is 0.335 e. The first-order chi connectivity index (χ1) is 8.07. The normalized spacial score (nSPS) is 11.1. The molecule has 0 aliphatic carbocycles. The lowest BCUT2D eigenvalue weighted by Gasteiger charge is -2.14. The van der Waals surface area contributed by atoms with E-state index in [0.29, 0.717) is 5.76 Å². The van der Waals surface area contributed by atoms with Gasteiger partial charge in [-0.1, -0.05) is 0 Å². The van der Waals surface area contributed by atoms with Crippen LogP contribution in [0.1, 0.15) is 6.92 Å². The third-order valence-corrected chi connectivity index (χ3v) is 1.34. The van der Waals surface area contributed by atoms with Gasteiger partial charge in [-0.25, -0.2) is 0 Å². The molecule has 0 amide bonds. The molecule has 0 saturated heterocycles. The van der Waals surface area contributed by atoms with Gasteiger partial charge in [-0.3, -0.25) is 0 Å². The fraction of sp³-hybridized carbons (Fsp3) is 0.667. The number of hydrogen-bond acceptors (Lipinski definition) is 6. The summed E-state index contributed by atoms with van der Waals surface area (Å²) < 4.78 is 51.7. The van der Waals surface area contributed by atoms with Gasteiger partial charge in [0.05, 0.1) is 6.67 Å². The van der Waals surface area contributed by atoms with Crippen LogP contribution in [-0.2, 0) is 23.1 Å². The van der Waals surface area contributed by atoms with Crippen LogP contribution in [0.3, 0.4) is 0 Å². The second-order valence-electron chi connectivity index (χ2n) is 2.30. The molecule has 1 aliphatic heterocycles. The van der Waals surface area contributed by atoms with Gasteiger partial charge in [-0.2, -0.15) is 16.8 Å². The van der Waals surface area contributed by atoms with Gasteiger partial charge in [0.25, 0.3) is 0 Å². The molecule has 0 N–H and O–H groups in total. The second-order valence-corrected chi connectivity index (χ2v) is 2.57. The van der Waals surface area contributed by atoms with E-state index in [0.717, 1.165) is 13.2 Å². The molecule has 0 aromatic heterocycles. The van der Waals surface area contributed by atoms with E-state index >= 15 is 0 Å². The lowest BCUT2D eigenvalue weighted by atomic mass is 10.6. The fourth-order valence-electron chi connectivity index (χ4n) is 0.794. The summed E-state index contributed by atoms with van der Waals surface area (Å²) in [6, 6.07) is 0. The quantitative estimate of drug-likeness (QED) is 0.698. The molecule has 1 heterocycles. The minimum atomic E-state index is -0.750. The molecule has 7 nitrogen and oxygen atoms in total. The van der Waals surface area contributed by atoms with Gasteiger partial charge < -0.3 is 24.5 Å². The summed E-state index contributed by atoms with van der Waals surface area (Å²) in [4.78, 5) is 4.41. The van der Waals surface area contributed by atoms with Crippen LogP contribution in [0.15, 0.2) is 12.4 Å². The molecule has 0 aromatic rings. The predicted octanol–water partition coefficient (Wildman–Crippen LogP) is 0.471. The van der Waals surface area contributed by atoms with E-state index in [9.17, 15) is 8.96 Å². The zero-order chi connectivity index (χ0) is 14.1. The van der Waals surface area contributed by atoms with Crippen LogP contribution < -0.4 is 0 Å². The van der Waals surface area contributed by atoms with Crippen LogP contribution in [-0.4, -0.2) is 46.9 Å². The van der Waals surface area contributed by atoms with Crippen molar-refractivity contribution in [1.82, 2.24) is 9.80 Å². The van der Waals surface area contributed by atoms with Crippen molar-refractivity contribution in [2.45, 2.75) is 6.92 Å². The van der Waals surface area contributed by atoms with Crippen LogP contribution in [0.25, 0.3) is 5.76 Å². The standard InChI is InChI=1S/C6H12N2.F2N.2O2S/c1-3-8-5-4-7(2)6-8;3*1-3-2/h4-5H,3,6H2,1-2H3;;;/q;-1;;. The summed E-state index contributed by atoms with van der Waals surface area (Å²) in [7, 11) is 2.08. The summed E-state index contributed by atoms with van der Waals surface area (Å²) in [5.41, 5.74) is 0. The van der Waals surface area contributed by atoms with Crippen LogP contribution in [0.5, 0.6) is 0 Å². The Morgan fingerprint density at radius 3 is 1.65 bits per heavy atom.